The number of halogens is 2. The van der Waals surface area contributed by atoms with Crippen molar-refractivity contribution in [2.24, 2.45) is 0 Å². The van der Waals surface area contributed by atoms with Gasteiger partial charge in [-0.05, 0) is 91.7 Å². The molecule has 1 N–H and O–H groups in total. The van der Waals surface area contributed by atoms with Crippen molar-refractivity contribution in [3.8, 4) is 28.0 Å². The molecule has 1 atom stereocenters. The Bertz CT molecular complexity index is 1670. The van der Waals surface area contributed by atoms with E-state index in [9.17, 15) is 5.11 Å². The van der Waals surface area contributed by atoms with E-state index in [1.165, 1.54) is 109 Å². The molecule has 1 fully saturated rings. The topological polar surface area (TPSA) is 23.5 Å². The first-order valence-corrected chi connectivity index (χ1v) is 20.0. The first kappa shape index (κ1) is 45.9. The third-order valence-electron chi connectivity index (χ3n) is 10.1. The van der Waals surface area contributed by atoms with Crippen LogP contribution in [-0.4, -0.2) is 30.7 Å². The fourth-order valence-corrected chi connectivity index (χ4v) is 7.96. The van der Waals surface area contributed by atoms with Crippen LogP contribution in [0.1, 0.15) is 106 Å². The van der Waals surface area contributed by atoms with Gasteiger partial charge in [-0.25, -0.2) is 0 Å². The summed E-state index contributed by atoms with van der Waals surface area (Å²) in [5.74, 6) is 0.360. The van der Waals surface area contributed by atoms with Crippen LogP contribution in [-0.2, 0) is 24.6 Å². The third kappa shape index (κ3) is 9.46. The van der Waals surface area contributed by atoms with E-state index in [4.69, 9.17) is 0 Å². The second kappa shape index (κ2) is 21.4. The van der Waals surface area contributed by atoms with Crippen LogP contribution in [0.5, 0.6) is 5.75 Å². The molecule has 2 nitrogen and oxygen atoms in total. The van der Waals surface area contributed by atoms with Gasteiger partial charge in [-0.2, -0.15) is 17.7 Å². The fourth-order valence-electron chi connectivity index (χ4n) is 7.96. The summed E-state index contributed by atoms with van der Waals surface area (Å²) in [5.41, 5.74) is 13.2. The van der Waals surface area contributed by atoms with Crippen LogP contribution in [0.25, 0.3) is 22.3 Å². The summed E-state index contributed by atoms with van der Waals surface area (Å²) in [6.45, 7) is 11.4. The zero-order valence-corrected chi connectivity index (χ0v) is 35.1. The molecule has 0 bridgehead atoms. The zero-order valence-electron chi connectivity index (χ0n) is 30.9. The van der Waals surface area contributed by atoms with E-state index in [2.05, 4.69) is 119 Å². The molecule has 1 saturated heterocycles. The average Bonchev–Trinajstić information content (AvgIpc) is 3.80. The second-order valence-corrected chi connectivity index (χ2v) is 13.2. The van der Waals surface area contributed by atoms with Gasteiger partial charge in [0.2, 0.25) is 0 Å². The van der Waals surface area contributed by atoms with Gasteiger partial charge in [0.05, 0.1) is 0 Å². The normalized spacial score (nSPS) is 15.7. The Balaban J connectivity index is 0.000000508. The number of likely N-dealkylation sites (tertiary alicyclic amines) is 1. The molecule has 0 amide bonds. The zero-order chi connectivity index (χ0) is 32.7. The van der Waals surface area contributed by atoms with Crippen LogP contribution in [0.15, 0.2) is 90.5 Å². The minimum absolute atomic E-state index is 0. The molecule has 2 radical (unpaired) electrons. The summed E-state index contributed by atoms with van der Waals surface area (Å²) in [5, 5.41) is 10.5. The summed E-state index contributed by atoms with van der Waals surface area (Å²) in [7, 11) is 2.97. The molecule has 0 saturated carbocycles. The molecule has 7 rings (SSSR count). The molecule has 6 heteroatoms. The number of aryl methyl sites for hydroxylation is 1. The summed E-state index contributed by atoms with van der Waals surface area (Å²) < 4.78 is 0. The van der Waals surface area contributed by atoms with E-state index in [1.54, 1.807) is 19.2 Å². The van der Waals surface area contributed by atoms with Gasteiger partial charge in [0.15, 0.2) is 0 Å². The van der Waals surface area contributed by atoms with Gasteiger partial charge in [-0.3, -0.25) is 0 Å². The average molecular weight is 762 g/mol. The number of hydrogen-bond donors (Lipinski definition) is 1. The molecule has 3 aliphatic rings. The van der Waals surface area contributed by atoms with E-state index in [0.29, 0.717) is 11.8 Å². The number of fused-ring (bicyclic) bond motifs is 4. The molecular weight excluding hydrogens is 705 g/mol. The Hall–Kier alpha value is -2.11. The van der Waals surface area contributed by atoms with Crippen LogP contribution in [0.3, 0.4) is 0 Å². The molecule has 2 aliphatic carbocycles. The van der Waals surface area contributed by atoms with Crippen molar-refractivity contribution in [2.45, 2.75) is 90.5 Å². The summed E-state index contributed by atoms with van der Waals surface area (Å²) in [6.07, 6.45) is 13.5. The predicted octanol–water partition coefficient (Wildman–Crippen LogP) is 12.3. The second-order valence-electron chi connectivity index (χ2n) is 13.2. The Labute approximate surface area is 330 Å². The minimum atomic E-state index is 0. The van der Waals surface area contributed by atoms with E-state index in [1.807, 2.05) is 12.1 Å². The molecular formula is C44H56Cl2NOSiTi-3. The van der Waals surface area contributed by atoms with Crippen molar-refractivity contribution in [2.75, 3.05) is 13.1 Å². The number of aromatic hydroxyl groups is 1. The molecule has 1 aliphatic heterocycles. The SMILES string of the molecule is CC1=[C-]c2ccccc2C1N1CCCC1.CCCCC1(CCCC)c2ccccc2-c2ccc(-c3cc(C)ccc3O)cc21.Cl.Cl.[CH3-].[CH3-].[Si]=[Ti]. The molecule has 4 aromatic rings. The van der Waals surface area contributed by atoms with E-state index in [0.717, 1.165) is 11.1 Å². The third-order valence-corrected chi connectivity index (χ3v) is 10.1. The molecule has 268 valence electrons. The summed E-state index contributed by atoms with van der Waals surface area (Å²) >= 11 is 1.81. The van der Waals surface area contributed by atoms with E-state index < -0.39 is 0 Å². The summed E-state index contributed by atoms with van der Waals surface area (Å²) in [4.78, 5) is 2.59. The van der Waals surface area contributed by atoms with Crippen LogP contribution < -0.4 is 0 Å². The van der Waals surface area contributed by atoms with Gasteiger partial charge in [0.1, 0.15) is 5.75 Å². The maximum atomic E-state index is 10.5. The molecule has 0 spiro atoms. The van der Waals surface area contributed by atoms with Gasteiger partial charge < -0.3 is 24.9 Å². The maximum absolute atomic E-state index is 10.5. The first-order chi connectivity index (χ1) is 22.5. The van der Waals surface area contributed by atoms with Crippen molar-refractivity contribution < 1.29 is 24.3 Å². The Morgan fingerprint density at radius 3 is 2.02 bits per heavy atom. The Morgan fingerprint density at radius 1 is 0.760 bits per heavy atom. The van der Waals surface area contributed by atoms with Crippen LogP contribution >= 0.6 is 24.8 Å². The van der Waals surface area contributed by atoms with Gasteiger partial charge in [-0.15, -0.1) is 48.1 Å². The fraction of sp³-hybridized carbons (Fsp3) is 0.364. The number of unbranched alkanes of at least 4 members (excludes halogenated alkanes) is 2. The molecule has 1 unspecified atom stereocenters. The van der Waals surface area contributed by atoms with Crippen molar-refractivity contribution in [3.63, 3.8) is 0 Å². The van der Waals surface area contributed by atoms with Crippen molar-refractivity contribution in [1.29, 1.82) is 0 Å². The first-order valence-electron chi connectivity index (χ1n) is 17.2. The molecule has 1 heterocycles. The van der Waals surface area contributed by atoms with Crippen LogP contribution in [0.4, 0.5) is 0 Å². The number of rotatable bonds is 8. The number of hydrogen-bond acceptors (Lipinski definition) is 2. The molecule has 0 aromatic heterocycles. The van der Waals surface area contributed by atoms with E-state index in [-0.39, 0.29) is 45.1 Å². The van der Waals surface area contributed by atoms with Gasteiger partial charge in [-0.1, -0.05) is 101 Å². The number of phenolic OH excluding ortho intramolecular Hbond substituents is 1. The van der Waals surface area contributed by atoms with Crippen LogP contribution in [0.2, 0.25) is 0 Å². The molecule has 50 heavy (non-hydrogen) atoms. The van der Waals surface area contributed by atoms with Crippen molar-refractivity contribution in [3.05, 3.63) is 139 Å². The molecule has 4 aromatic carbocycles. The number of benzene rings is 4. The number of nitrogens with zero attached hydrogens (tertiary/aromatic N) is 1. The standard InChI is InChI=1S/C28H32O.C14H16N.2CH3.2ClH.Si.Ti/c1-4-6-16-28(17-7-5-2)25-11-9-8-10-22(25)23-14-13-21(19-26(23)28)24-18-20(3)12-15-27(24)29;1-11-10-12-6-2-3-7-13(12)14(11)15-8-4-5-9-15;;;;;;/h8-15,18-19,29H,4-7,16-17H2,1-3H3;2-3,6-7,14H,4-5,8-9H2,1H3;2*1H3;2*1H;;/q;3*-1;;;;. The summed E-state index contributed by atoms with van der Waals surface area (Å²) in [6, 6.07) is 30.9. The van der Waals surface area contributed by atoms with Gasteiger partial charge in [0.25, 0.3) is 0 Å². The van der Waals surface area contributed by atoms with Gasteiger partial charge in [0, 0.05) is 17.0 Å². The predicted molar refractivity (Wildman–Crippen MR) is 218 cm³/mol. The van der Waals surface area contributed by atoms with E-state index >= 15 is 0 Å². The van der Waals surface area contributed by atoms with Gasteiger partial charge >= 0.3 is 26.8 Å². The Morgan fingerprint density at radius 2 is 1.36 bits per heavy atom. The Kier molecular flexibility index (Phi) is 19.7. The monoisotopic (exact) mass is 760 g/mol. The van der Waals surface area contributed by atoms with Crippen molar-refractivity contribution in [1.82, 2.24) is 4.90 Å². The van der Waals surface area contributed by atoms with Crippen molar-refractivity contribution >= 4 is 32.4 Å². The quantitative estimate of drug-likeness (QED) is 0.143. The van der Waals surface area contributed by atoms with Crippen LogP contribution in [0, 0.1) is 27.9 Å². The number of phenols is 1.